The molecule has 1 N–H and O–H groups in total. The van der Waals surface area contributed by atoms with E-state index in [1.165, 1.54) is 36.1 Å². The van der Waals surface area contributed by atoms with E-state index in [1.807, 2.05) is 0 Å². The lowest BCUT2D eigenvalue weighted by Crippen LogP contribution is -2.49. The van der Waals surface area contributed by atoms with E-state index in [4.69, 9.17) is 4.74 Å². The number of anilines is 2. The first-order chi connectivity index (χ1) is 12.4. The first-order valence-corrected chi connectivity index (χ1v) is 8.03. The van der Waals surface area contributed by atoms with Crippen LogP contribution in [0.25, 0.3) is 0 Å². The summed E-state index contributed by atoms with van der Waals surface area (Å²) in [4.78, 5) is 37.9. The van der Waals surface area contributed by atoms with Crippen molar-refractivity contribution in [2.75, 3.05) is 16.8 Å². The molecule has 0 aromatic heterocycles. The lowest BCUT2D eigenvalue weighted by Gasteiger charge is -2.33. The molecule has 1 aliphatic heterocycles. The Morgan fingerprint density at radius 3 is 2.69 bits per heavy atom. The van der Waals surface area contributed by atoms with Gasteiger partial charge in [-0.05, 0) is 50.2 Å². The summed E-state index contributed by atoms with van der Waals surface area (Å²) in [5.41, 5.74) is 1.06. The highest BCUT2D eigenvalue weighted by atomic mass is 19.1. The zero-order valence-electron chi connectivity index (χ0n) is 14.3. The van der Waals surface area contributed by atoms with Gasteiger partial charge < -0.3 is 10.1 Å². The monoisotopic (exact) mass is 356 g/mol. The molecule has 0 saturated carbocycles. The Balaban J connectivity index is 1.90. The van der Waals surface area contributed by atoms with Gasteiger partial charge in [0.15, 0.2) is 12.4 Å². The quantitative estimate of drug-likeness (QED) is 0.855. The molecule has 1 unspecified atom stereocenters. The van der Waals surface area contributed by atoms with Crippen molar-refractivity contribution in [1.82, 2.24) is 0 Å². The van der Waals surface area contributed by atoms with Gasteiger partial charge in [0.2, 0.25) is 5.91 Å². The fourth-order valence-corrected chi connectivity index (χ4v) is 2.74. The van der Waals surface area contributed by atoms with Gasteiger partial charge in [0, 0.05) is 11.3 Å². The van der Waals surface area contributed by atoms with E-state index < -0.39 is 23.7 Å². The number of benzene rings is 2. The van der Waals surface area contributed by atoms with Crippen LogP contribution in [0.2, 0.25) is 0 Å². The van der Waals surface area contributed by atoms with E-state index in [9.17, 15) is 18.8 Å². The molecule has 0 bridgehead atoms. The van der Waals surface area contributed by atoms with Gasteiger partial charge in [-0.2, -0.15) is 0 Å². The van der Waals surface area contributed by atoms with Gasteiger partial charge in [0.1, 0.15) is 17.6 Å². The standard InChI is InChI=1S/C19H17FN2O4/c1-11(19(25)21-15-5-3-4-14(20)9-15)22-16-8-13(12(2)23)6-7-17(16)26-10-18(22)24/h3-9,11H,10H2,1-2H3,(H,21,25). The van der Waals surface area contributed by atoms with Crippen molar-refractivity contribution in [2.24, 2.45) is 0 Å². The minimum atomic E-state index is -0.879. The van der Waals surface area contributed by atoms with Crippen LogP contribution in [-0.2, 0) is 9.59 Å². The first-order valence-electron chi connectivity index (χ1n) is 8.03. The largest absolute Gasteiger partial charge is 0.482 e. The number of ketones is 1. The van der Waals surface area contributed by atoms with Crippen LogP contribution < -0.4 is 15.0 Å². The number of nitrogens with zero attached hydrogens (tertiary/aromatic N) is 1. The number of carbonyl (C=O) groups excluding carboxylic acids is 3. The second-order valence-electron chi connectivity index (χ2n) is 5.97. The van der Waals surface area contributed by atoms with Crippen molar-refractivity contribution in [3.05, 3.63) is 53.8 Å². The lowest BCUT2D eigenvalue weighted by atomic mass is 10.1. The summed E-state index contributed by atoms with van der Waals surface area (Å²) in [6, 6.07) is 9.34. The van der Waals surface area contributed by atoms with Crippen LogP contribution in [0.3, 0.4) is 0 Å². The molecule has 2 aromatic rings. The third kappa shape index (κ3) is 3.42. The molecule has 26 heavy (non-hydrogen) atoms. The number of nitrogens with one attached hydrogen (secondary N) is 1. The lowest BCUT2D eigenvalue weighted by molar-refractivity contribution is -0.125. The number of rotatable bonds is 4. The number of halogens is 1. The maximum Gasteiger partial charge on any atom is 0.265 e. The van der Waals surface area contributed by atoms with Gasteiger partial charge in [-0.3, -0.25) is 19.3 Å². The number of hydrogen-bond donors (Lipinski definition) is 1. The topological polar surface area (TPSA) is 75.7 Å². The molecule has 2 aromatic carbocycles. The summed E-state index contributed by atoms with van der Waals surface area (Å²) in [7, 11) is 0. The number of carbonyl (C=O) groups is 3. The number of ether oxygens (including phenoxy) is 1. The smallest absolute Gasteiger partial charge is 0.265 e. The van der Waals surface area contributed by atoms with Gasteiger partial charge in [-0.1, -0.05) is 6.07 Å². The highest BCUT2D eigenvalue weighted by Crippen LogP contribution is 2.34. The van der Waals surface area contributed by atoms with E-state index in [0.29, 0.717) is 22.7 Å². The Labute approximate surface area is 149 Å². The van der Waals surface area contributed by atoms with Crippen LogP contribution >= 0.6 is 0 Å². The molecule has 7 heteroatoms. The predicted octanol–water partition coefficient (Wildman–Crippen LogP) is 2.78. The zero-order chi connectivity index (χ0) is 18.8. The molecule has 0 fully saturated rings. The molecule has 0 saturated heterocycles. The predicted molar refractivity (Wildman–Crippen MR) is 93.9 cm³/mol. The highest BCUT2D eigenvalue weighted by molar-refractivity contribution is 6.07. The molecule has 1 heterocycles. The van der Waals surface area contributed by atoms with Crippen molar-refractivity contribution in [3.63, 3.8) is 0 Å². The third-order valence-electron chi connectivity index (χ3n) is 4.10. The van der Waals surface area contributed by atoms with E-state index in [0.717, 1.165) is 0 Å². The summed E-state index contributed by atoms with van der Waals surface area (Å²) in [5, 5.41) is 2.59. The molecule has 0 spiro atoms. The molecule has 3 rings (SSSR count). The number of fused-ring (bicyclic) bond motifs is 1. The summed E-state index contributed by atoms with van der Waals surface area (Å²) >= 11 is 0. The molecule has 0 radical (unpaired) electrons. The van der Waals surface area contributed by atoms with Crippen molar-refractivity contribution in [2.45, 2.75) is 19.9 Å². The van der Waals surface area contributed by atoms with Gasteiger partial charge in [0.05, 0.1) is 5.69 Å². The molecular weight excluding hydrogens is 339 g/mol. The van der Waals surface area contributed by atoms with E-state index in [2.05, 4.69) is 5.32 Å². The summed E-state index contributed by atoms with van der Waals surface area (Å²) in [5.74, 6) is -1.11. The Kier molecular flexibility index (Phi) is 4.71. The number of Topliss-reactive ketones (excluding diaryl/α,β-unsaturated/α-hetero) is 1. The zero-order valence-corrected chi connectivity index (χ0v) is 14.3. The summed E-state index contributed by atoms with van der Waals surface area (Å²) < 4.78 is 18.7. The fraction of sp³-hybridized carbons (Fsp3) is 0.211. The molecule has 134 valence electrons. The Morgan fingerprint density at radius 1 is 1.23 bits per heavy atom. The van der Waals surface area contributed by atoms with E-state index >= 15 is 0 Å². The van der Waals surface area contributed by atoms with Crippen molar-refractivity contribution in [1.29, 1.82) is 0 Å². The van der Waals surface area contributed by atoms with Gasteiger partial charge in [0.25, 0.3) is 5.91 Å². The molecule has 1 atom stereocenters. The van der Waals surface area contributed by atoms with Crippen molar-refractivity contribution >= 4 is 29.0 Å². The van der Waals surface area contributed by atoms with Crippen molar-refractivity contribution in [3.8, 4) is 5.75 Å². The Hall–Kier alpha value is -3.22. The van der Waals surface area contributed by atoms with Gasteiger partial charge in [-0.25, -0.2) is 4.39 Å². The average Bonchev–Trinajstić information content (AvgIpc) is 2.60. The minimum absolute atomic E-state index is 0.164. The maximum atomic E-state index is 13.3. The Bertz CT molecular complexity index is 897. The van der Waals surface area contributed by atoms with Gasteiger partial charge >= 0.3 is 0 Å². The summed E-state index contributed by atoms with van der Waals surface area (Å²) in [6.45, 7) is 2.77. The molecule has 0 aliphatic carbocycles. The van der Waals surface area contributed by atoms with E-state index in [-0.39, 0.29) is 12.4 Å². The highest BCUT2D eigenvalue weighted by Gasteiger charge is 2.33. The number of hydrogen-bond acceptors (Lipinski definition) is 4. The van der Waals surface area contributed by atoms with Crippen LogP contribution in [0.5, 0.6) is 5.75 Å². The second kappa shape index (κ2) is 6.95. The van der Waals surface area contributed by atoms with Gasteiger partial charge in [-0.15, -0.1) is 0 Å². The van der Waals surface area contributed by atoms with E-state index in [1.54, 1.807) is 25.1 Å². The van der Waals surface area contributed by atoms with Crippen LogP contribution in [0, 0.1) is 5.82 Å². The Morgan fingerprint density at radius 2 is 2.00 bits per heavy atom. The minimum Gasteiger partial charge on any atom is -0.482 e. The van der Waals surface area contributed by atoms with Crippen LogP contribution in [0.1, 0.15) is 24.2 Å². The van der Waals surface area contributed by atoms with Crippen LogP contribution in [0.15, 0.2) is 42.5 Å². The molecular formula is C19H17FN2O4. The number of amides is 2. The SMILES string of the molecule is CC(=O)c1ccc2c(c1)N(C(C)C(=O)Nc1cccc(F)c1)C(=O)CO2. The maximum absolute atomic E-state index is 13.3. The van der Waals surface area contributed by atoms with Crippen molar-refractivity contribution < 1.29 is 23.5 Å². The molecule has 6 nitrogen and oxygen atoms in total. The fourth-order valence-electron chi connectivity index (χ4n) is 2.74. The molecule has 1 aliphatic rings. The summed E-state index contributed by atoms with van der Waals surface area (Å²) in [6.07, 6.45) is 0. The van der Waals surface area contributed by atoms with Crippen LogP contribution in [0.4, 0.5) is 15.8 Å². The first kappa shape index (κ1) is 17.6. The van der Waals surface area contributed by atoms with Crippen LogP contribution in [-0.4, -0.2) is 30.2 Å². The average molecular weight is 356 g/mol. The third-order valence-corrected chi connectivity index (χ3v) is 4.10. The normalized spacial score (nSPS) is 14.3. The molecule has 2 amide bonds. The second-order valence-corrected chi connectivity index (χ2v) is 5.97.